The van der Waals surface area contributed by atoms with E-state index in [4.69, 9.17) is 10.3 Å². The average molecular weight is 309 g/mol. The summed E-state index contributed by atoms with van der Waals surface area (Å²) in [6, 6.07) is 4.55. The zero-order chi connectivity index (χ0) is 15.8. The van der Waals surface area contributed by atoms with Crippen LogP contribution in [0.1, 0.15) is 35.5 Å². The van der Waals surface area contributed by atoms with Gasteiger partial charge in [-0.25, -0.2) is 13.1 Å². The van der Waals surface area contributed by atoms with E-state index in [2.05, 4.69) is 9.88 Å². The van der Waals surface area contributed by atoms with Crippen molar-refractivity contribution in [3.8, 4) is 0 Å². The monoisotopic (exact) mass is 309 g/mol. The molecule has 7 heteroatoms. The highest BCUT2D eigenvalue weighted by Crippen LogP contribution is 2.26. The van der Waals surface area contributed by atoms with Gasteiger partial charge in [-0.3, -0.25) is 0 Å². The van der Waals surface area contributed by atoms with Gasteiger partial charge in [-0.2, -0.15) is 0 Å². The molecule has 0 bridgehead atoms. The molecule has 0 saturated heterocycles. The number of aromatic nitrogens is 1. The molecular weight excluding hydrogens is 290 g/mol. The summed E-state index contributed by atoms with van der Waals surface area (Å²) in [5.74, 6) is 0.598. The molecule has 1 unspecified atom stereocenters. The minimum atomic E-state index is -3.72. The molecule has 2 aromatic rings. The molecule has 0 aliphatic carbocycles. The molecule has 0 saturated carbocycles. The largest absolute Gasteiger partial charge is 0.398 e. The predicted octanol–water partition coefficient (Wildman–Crippen LogP) is 2.22. The van der Waals surface area contributed by atoms with Crippen LogP contribution in [0.25, 0.3) is 0 Å². The molecule has 1 aromatic heterocycles. The second kappa shape index (κ2) is 5.50. The number of hydrogen-bond donors (Lipinski definition) is 2. The first-order valence-corrected chi connectivity index (χ1v) is 8.02. The molecule has 21 heavy (non-hydrogen) atoms. The molecule has 3 N–H and O–H groups in total. The number of sulfonamides is 1. The van der Waals surface area contributed by atoms with E-state index < -0.39 is 16.1 Å². The Hall–Kier alpha value is -1.86. The summed E-state index contributed by atoms with van der Waals surface area (Å²) in [6.45, 7) is 6.99. The quantitative estimate of drug-likeness (QED) is 0.844. The third-order valence-electron chi connectivity index (χ3n) is 3.36. The van der Waals surface area contributed by atoms with E-state index in [1.54, 1.807) is 45.9 Å². The van der Waals surface area contributed by atoms with Gasteiger partial charge in [-0.1, -0.05) is 17.3 Å². The Kier molecular flexibility index (Phi) is 4.06. The Labute approximate surface area is 124 Å². The maximum Gasteiger partial charge on any atom is 0.243 e. The van der Waals surface area contributed by atoms with Gasteiger partial charge >= 0.3 is 0 Å². The summed E-state index contributed by atoms with van der Waals surface area (Å²) in [5, 5.41) is 3.84. The highest BCUT2D eigenvalue weighted by molar-refractivity contribution is 7.89. The number of benzene rings is 1. The van der Waals surface area contributed by atoms with Crippen LogP contribution in [-0.4, -0.2) is 13.6 Å². The smallest absolute Gasteiger partial charge is 0.243 e. The van der Waals surface area contributed by atoms with Crippen molar-refractivity contribution in [1.82, 2.24) is 9.88 Å². The minimum Gasteiger partial charge on any atom is -0.398 e. The van der Waals surface area contributed by atoms with Gasteiger partial charge in [0, 0.05) is 11.6 Å². The van der Waals surface area contributed by atoms with Crippen LogP contribution in [-0.2, 0) is 10.0 Å². The van der Waals surface area contributed by atoms with Gasteiger partial charge in [-0.05, 0) is 39.3 Å². The summed E-state index contributed by atoms with van der Waals surface area (Å²) in [7, 11) is -3.72. The highest BCUT2D eigenvalue weighted by Gasteiger charge is 2.25. The van der Waals surface area contributed by atoms with Crippen LogP contribution in [0.4, 0.5) is 5.69 Å². The van der Waals surface area contributed by atoms with Crippen LogP contribution >= 0.6 is 0 Å². The number of rotatable bonds is 4. The second-order valence-electron chi connectivity index (χ2n) is 5.07. The number of nitrogens with zero attached hydrogens (tertiary/aromatic N) is 1. The Morgan fingerprint density at radius 1 is 1.29 bits per heavy atom. The fourth-order valence-corrected chi connectivity index (χ4v) is 4.07. The topological polar surface area (TPSA) is 98.2 Å². The first-order valence-electron chi connectivity index (χ1n) is 6.54. The van der Waals surface area contributed by atoms with Crippen LogP contribution in [0, 0.1) is 20.8 Å². The van der Waals surface area contributed by atoms with Crippen molar-refractivity contribution in [2.75, 3.05) is 5.73 Å². The molecule has 0 amide bonds. The second-order valence-corrected chi connectivity index (χ2v) is 6.72. The molecule has 0 fully saturated rings. The van der Waals surface area contributed by atoms with E-state index in [1.165, 1.54) is 0 Å². The van der Waals surface area contributed by atoms with Crippen LogP contribution in [0.2, 0.25) is 0 Å². The molecule has 0 aliphatic heterocycles. The van der Waals surface area contributed by atoms with Crippen molar-refractivity contribution in [3.05, 3.63) is 40.8 Å². The van der Waals surface area contributed by atoms with Crippen molar-refractivity contribution in [2.24, 2.45) is 0 Å². The Morgan fingerprint density at radius 2 is 1.95 bits per heavy atom. The molecule has 2 rings (SSSR count). The van der Waals surface area contributed by atoms with Crippen molar-refractivity contribution < 1.29 is 12.9 Å². The number of nitrogens with one attached hydrogen (secondary N) is 1. The maximum absolute atomic E-state index is 12.6. The zero-order valence-electron chi connectivity index (χ0n) is 12.5. The van der Waals surface area contributed by atoms with Crippen molar-refractivity contribution in [3.63, 3.8) is 0 Å². The van der Waals surface area contributed by atoms with E-state index in [0.717, 1.165) is 5.56 Å². The van der Waals surface area contributed by atoms with E-state index in [9.17, 15) is 8.42 Å². The fourth-order valence-electron chi connectivity index (χ4n) is 2.50. The van der Waals surface area contributed by atoms with Crippen LogP contribution in [0.15, 0.2) is 27.6 Å². The normalized spacial score (nSPS) is 13.3. The maximum atomic E-state index is 12.6. The highest BCUT2D eigenvalue weighted by atomic mass is 32.2. The van der Waals surface area contributed by atoms with Gasteiger partial charge in [0.05, 0.1) is 11.4 Å². The number of nitrogens with two attached hydrogens (primary N) is 1. The van der Waals surface area contributed by atoms with E-state index in [-0.39, 0.29) is 10.6 Å². The van der Waals surface area contributed by atoms with Gasteiger partial charge in [0.25, 0.3) is 0 Å². The summed E-state index contributed by atoms with van der Waals surface area (Å²) in [5.41, 5.74) is 8.06. The predicted molar refractivity (Wildman–Crippen MR) is 80.3 cm³/mol. The lowest BCUT2D eigenvalue weighted by atomic mass is 10.1. The number of hydrogen-bond acceptors (Lipinski definition) is 5. The number of anilines is 1. The lowest BCUT2D eigenvalue weighted by Gasteiger charge is -2.16. The van der Waals surface area contributed by atoms with E-state index >= 15 is 0 Å². The Morgan fingerprint density at radius 3 is 2.48 bits per heavy atom. The molecule has 0 radical (unpaired) electrons. The summed E-state index contributed by atoms with van der Waals surface area (Å²) in [4.78, 5) is 0.114. The Bertz CT molecular complexity index is 726. The minimum absolute atomic E-state index is 0.114. The van der Waals surface area contributed by atoms with Crippen LogP contribution in [0.5, 0.6) is 0 Å². The first kappa shape index (κ1) is 15.5. The fraction of sp³-hybridized carbons (Fsp3) is 0.357. The lowest BCUT2D eigenvalue weighted by Crippen LogP contribution is -2.28. The molecule has 114 valence electrons. The standard InChI is InChI=1S/C14H19N3O3S/c1-8-6-5-7-12(15)14(8)21(18,19)17-10(3)13-9(2)16-20-11(13)4/h5-7,10,17H,15H2,1-4H3. The van der Waals surface area contributed by atoms with E-state index in [0.29, 0.717) is 17.0 Å². The molecule has 0 aliphatic rings. The molecular formula is C14H19N3O3S. The lowest BCUT2D eigenvalue weighted by molar-refractivity contribution is 0.391. The van der Waals surface area contributed by atoms with Crippen molar-refractivity contribution in [1.29, 1.82) is 0 Å². The molecule has 1 heterocycles. The van der Waals surface area contributed by atoms with Gasteiger partial charge < -0.3 is 10.3 Å². The third kappa shape index (κ3) is 2.93. The summed E-state index contributed by atoms with van der Waals surface area (Å²) < 4.78 is 32.8. The van der Waals surface area contributed by atoms with Crippen molar-refractivity contribution >= 4 is 15.7 Å². The van der Waals surface area contributed by atoms with Gasteiger partial charge in [0.2, 0.25) is 10.0 Å². The molecule has 1 atom stereocenters. The van der Waals surface area contributed by atoms with Crippen molar-refractivity contribution in [2.45, 2.75) is 38.6 Å². The summed E-state index contributed by atoms with van der Waals surface area (Å²) in [6.07, 6.45) is 0. The SMILES string of the molecule is Cc1cccc(N)c1S(=O)(=O)NC(C)c1c(C)noc1C. The van der Waals surface area contributed by atoms with Gasteiger partial charge in [0.15, 0.2) is 0 Å². The molecule has 0 spiro atoms. The third-order valence-corrected chi connectivity index (χ3v) is 5.12. The Balaban J connectivity index is 2.39. The van der Waals surface area contributed by atoms with Crippen LogP contribution in [0.3, 0.4) is 0 Å². The first-order chi connectivity index (χ1) is 9.74. The molecule has 1 aromatic carbocycles. The molecule has 6 nitrogen and oxygen atoms in total. The number of aryl methyl sites for hydroxylation is 3. The summed E-state index contributed by atoms with van der Waals surface area (Å²) >= 11 is 0. The zero-order valence-corrected chi connectivity index (χ0v) is 13.3. The van der Waals surface area contributed by atoms with E-state index in [1.807, 2.05) is 0 Å². The number of nitrogen functional groups attached to an aromatic ring is 1. The van der Waals surface area contributed by atoms with Gasteiger partial charge in [-0.15, -0.1) is 0 Å². The van der Waals surface area contributed by atoms with Crippen LogP contribution < -0.4 is 10.5 Å². The average Bonchev–Trinajstić information content (AvgIpc) is 2.67. The van der Waals surface area contributed by atoms with Gasteiger partial charge in [0.1, 0.15) is 10.7 Å².